The molecule has 0 saturated heterocycles. The largest absolute Gasteiger partial charge is 0.480 e. The molecule has 0 heterocycles. The summed E-state index contributed by atoms with van der Waals surface area (Å²) in [6.07, 6.45) is 2.55. The molecule has 1 aromatic rings. The van der Waals surface area contributed by atoms with Crippen LogP contribution in [0, 0.1) is 0 Å². The molecule has 0 aromatic heterocycles. The predicted octanol–water partition coefficient (Wildman–Crippen LogP) is 2.09. The van der Waals surface area contributed by atoms with Crippen LogP contribution >= 0.6 is 0 Å². The monoisotopic (exact) mass is 261 g/mol. The summed E-state index contributed by atoms with van der Waals surface area (Å²) in [6.45, 7) is 3.01. The zero-order valence-corrected chi connectivity index (χ0v) is 11.3. The van der Waals surface area contributed by atoms with Crippen molar-refractivity contribution >= 4 is 11.9 Å². The van der Waals surface area contributed by atoms with E-state index in [1.165, 1.54) is 13.8 Å². The highest BCUT2D eigenvalue weighted by Gasteiger charge is 2.47. The Morgan fingerprint density at radius 1 is 1.21 bits per heavy atom. The summed E-state index contributed by atoms with van der Waals surface area (Å²) in [5, 5.41) is 11.8. The molecule has 0 atom stereocenters. The van der Waals surface area contributed by atoms with Crippen LogP contribution in [0.2, 0.25) is 0 Å². The average Bonchev–Trinajstić information content (AvgIpc) is 2.28. The van der Waals surface area contributed by atoms with Gasteiger partial charge in [-0.05, 0) is 32.3 Å². The lowest BCUT2D eigenvalue weighted by molar-refractivity contribution is -0.147. The minimum absolute atomic E-state index is 0.183. The molecule has 0 radical (unpaired) electrons. The maximum Gasteiger partial charge on any atom is 0.328 e. The fourth-order valence-corrected chi connectivity index (χ4v) is 2.39. The molecule has 0 spiro atoms. The summed E-state index contributed by atoms with van der Waals surface area (Å²) >= 11 is 0. The lowest BCUT2D eigenvalue weighted by Gasteiger charge is -2.42. The Bertz CT molecular complexity index is 489. The van der Waals surface area contributed by atoms with Gasteiger partial charge in [0, 0.05) is 0 Å². The van der Waals surface area contributed by atoms with Crippen LogP contribution in [0.3, 0.4) is 0 Å². The molecule has 0 aliphatic heterocycles. The van der Waals surface area contributed by atoms with Gasteiger partial charge in [0.05, 0.1) is 5.41 Å². The first-order chi connectivity index (χ1) is 8.88. The Balaban J connectivity index is 2.24. The number of aliphatic carboxylic acids is 1. The number of hydrogen-bond acceptors (Lipinski definition) is 2. The number of amides is 1. The highest BCUT2D eigenvalue weighted by Crippen LogP contribution is 2.44. The van der Waals surface area contributed by atoms with Crippen molar-refractivity contribution in [3.05, 3.63) is 35.9 Å². The van der Waals surface area contributed by atoms with Crippen molar-refractivity contribution in [3.63, 3.8) is 0 Å². The van der Waals surface area contributed by atoms with Crippen LogP contribution < -0.4 is 5.32 Å². The molecule has 102 valence electrons. The second-order valence-electron chi connectivity index (χ2n) is 5.69. The average molecular weight is 261 g/mol. The lowest BCUT2D eigenvalue weighted by Crippen LogP contribution is -2.58. The fourth-order valence-electron chi connectivity index (χ4n) is 2.39. The molecule has 4 nitrogen and oxygen atoms in total. The normalized spacial score (nSPS) is 17.4. The molecule has 1 aliphatic carbocycles. The zero-order valence-electron chi connectivity index (χ0n) is 11.3. The van der Waals surface area contributed by atoms with Gasteiger partial charge in [-0.25, -0.2) is 4.79 Å². The molecule has 1 amide bonds. The second-order valence-corrected chi connectivity index (χ2v) is 5.69. The van der Waals surface area contributed by atoms with Crippen molar-refractivity contribution in [2.75, 3.05) is 0 Å². The molecule has 1 aliphatic rings. The van der Waals surface area contributed by atoms with Gasteiger partial charge >= 0.3 is 5.97 Å². The topological polar surface area (TPSA) is 66.4 Å². The number of rotatable bonds is 4. The molecule has 19 heavy (non-hydrogen) atoms. The first kappa shape index (κ1) is 13.6. The molecule has 1 aromatic carbocycles. The van der Waals surface area contributed by atoms with E-state index in [1.54, 1.807) is 0 Å². The minimum atomic E-state index is -1.24. The smallest absolute Gasteiger partial charge is 0.328 e. The van der Waals surface area contributed by atoms with E-state index in [2.05, 4.69) is 5.32 Å². The van der Waals surface area contributed by atoms with Crippen LogP contribution in [-0.4, -0.2) is 22.5 Å². The minimum Gasteiger partial charge on any atom is -0.480 e. The van der Waals surface area contributed by atoms with Crippen molar-refractivity contribution in [2.24, 2.45) is 0 Å². The highest BCUT2D eigenvalue weighted by molar-refractivity contribution is 5.93. The summed E-state index contributed by atoms with van der Waals surface area (Å²) < 4.78 is 0. The number of hydrogen-bond donors (Lipinski definition) is 2. The van der Waals surface area contributed by atoms with Crippen molar-refractivity contribution in [1.29, 1.82) is 0 Å². The Kier molecular flexibility index (Phi) is 3.35. The number of benzene rings is 1. The van der Waals surface area contributed by atoms with Crippen molar-refractivity contribution < 1.29 is 14.7 Å². The SMILES string of the molecule is CC(C)(NC(=O)C1(c2ccccc2)CCC1)C(=O)O. The summed E-state index contributed by atoms with van der Waals surface area (Å²) in [7, 11) is 0. The molecule has 1 fully saturated rings. The van der Waals surface area contributed by atoms with E-state index < -0.39 is 16.9 Å². The second kappa shape index (κ2) is 4.68. The van der Waals surface area contributed by atoms with Crippen LogP contribution in [0.15, 0.2) is 30.3 Å². The molecular weight excluding hydrogens is 242 g/mol. The molecule has 0 bridgehead atoms. The van der Waals surface area contributed by atoms with Crippen molar-refractivity contribution in [2.45, 2.75) is 44.1 Å². The number of carbonyl (C=O) groups is 2. The summed E-state index contributed by atoms with van der Waals surface area (Å²) in [5.41, 5.74) is -0.817. The number of carboxylic acids is 1. The molecular formula is C15H19NO3. The first-order valence-corrected chi connectivity index (χ1v) is 6.50. The van der Waals surface area contributed by atoms with Crippen molar-refractivity contribution in [3.8, 4) is 0 Å². The maximum absolute atomic E-state index is 12.5. The van der Waals surface area contributed by atoms with Gasteiger partial charge in [-0.2, -0.15) is 0 Å². The summed E-state index contributed by atoms with van der Waals surface area (Å²) in [4.78, 5) is 23.6. The molecule has 4 heteroatoms. The third-order valence-electron chi connectivity index (χ3n) is 3.93. The van der Waals surface area contributed by atoms with Gasteiger partial charge in [-0.1, -0.05) is 36.8 Å². The van der Waals surface area contributed by atoms with Crippen LogP contribution in [0.4, 0.5) is 0 Å². The zero-order chi connectivity index (χ0) is 14.1. The third kappa shape index (κ3) is 2.35. The fraction of sp³-hybridized carbons (Fsp3) is 0.467. The maximum atomic E-state index is 12.5. The van der Waals surface area contributed by atoms with Gasteiger partial charge in [0.2, 0.25) is 5.91 Å². The van der Waals surface area contributed by atoms with E-state index in [4.69, 9.17) is 5.11 Å². The summed E-state index contributed by atoms with van der Waals surface area (Å²) in [6, 6.07) is 9.60. The Morgan fingerprint density at radius 3 is 2.21 bits per heavy atom. The number of nitrogens with one attached hydrogen (secondary N) is 1. The Hall–Kier alpha value is -1.84. The Labute approximate surface area is 112 Å². The van der Waals surface area contributed by atoms with Gasteiger partial charge in [0.25, 0.3) is 0 Å². The predicted molar refractivity (Wildman–Crippen MR) is 71.8 cm³/mol. The van der Waals surface area contributed by atoms with Gasteiger partial charge < -0.3 is 10.4 Å². The number of carbonyl (C=O) groups excluding carboxylic acids is 1. The van der Waals surface area contributed by atoms with E-state index in [1.807, 2.05) is 30.3 Å². The Morgan fingerprint density at radius 2 is 1.79 bits per heavy atom. The quantitative estimate of drug-likeness (QED) is 0.872. The van der Waals surface area contributed by atoms with E-state index in [0.29, 0.717) is 0 Å². The molecule has 2 N–H and O–H groups in total. The van der Waals surface area contributed by atoms with Crippen molar-refractivity contribution in [1.82, 2.24) is 5.32 Å². The van der Waals surface area contributed by atoms with Gasteiger partial charge in [-0.3, -0.25) is 4.79 Å². The van der Waals surface area contributed by atoms with Crippen LogP contribution in [-0.2, 0) is 15.0 Å². The van der Waals surface area contributed by atoms with E-state index >= 15 is 0 Å². The van der Waals surface area contributed by atoms with E-state index in [-0.39, 0.29) is 5.91 Å². The molecule has 0 unspecified atom stereocenters. The van der Waals surface area contributed by atoms with E-state index in [0.717, 1.165) is 24.8 Å². The first-order valence-electron chi connectivity index (χ1n) is 6.50. The molecule has 2 rings (SSSR count). The standard InChI is InChI=1S/C15H19NO3/c1-14(2,13(18)19)16-12(17)15(9-6-10-15)11-7-4-3-5-8-11/h3-5,7-8H,6,9-10H2,1-2H3,(H,16,17)(H,18,19). The van der Waals surface area contributed by atoms with Crippen LogP contribution in [0.25, 0.3) is 0 Å². The van der Waals surface area contributed by atoms with Gasteiger partial charge in [-0.15, -0.1) is 0 Å². The van der Waals surface area contributed by atoms with Crippen LogP contribution in [0.1, 0.15) is 38.7 Å². The number of carboxylic acid groups (broad SMARTS) is 1. The van der Waals surface area contributed by atoms with Gasteiger partial charge in [0.1, 0.15) is 5.54 Å². The highest BCUT2D eigenvalue weighted by atomic mass is 16.4. The third-order valence-corrected chi connectivity index (χ3v) is 3.93. The lowest BCUT2D eigenvalue weighted by atomic mass is 9.63. The molecule has 1 saturated carbocycles. The van der Waals surface area contributed by atoms with E-state index in [9.17, 15) is 9.59 Å². The summed E-state index contributed by atoms with van der Waals surface area (Å²) in [5.74, 6) is -1.21. The van der Waals surface area contributed by atoms with Gasteiger partial charge in [0.15, 0.2) is 0 Å². The van der Waals surface area contributed by atoms with Crippen LogP contribution in [0.5, 0.6) is 0 Å².